The van der Waals surface area contributed by atoms with Crippen LogP contribution in [0, 0.1) is 18.8 Å². The van der Waals surface area contributed by atoms with Crippen molar-refractivity contribution in [3.63, 3.8) is 0 Å². The number of amides is 5. The average molecular weight is 839 g/mol. The van der Waals surface area contributed by atoms with E-state index in [2.05, 4.69) is 5.32 Å². The van der Waals surface area contributed by atoms with Gasteiger partial charge in [-0.05, 0) is 64.7 Å². The molecule has 5 rings (SSSR count). The molecular weight excluding hydrogens is 776 g/mol. The summed E-state index contributed by atoms with van der Waals surface area (Å²) in [6, 6.07) is 2.80. The molecule has 60 heavy (non-hydrogen) atoms. The molecule has 0 aliphatic carbocycles. The SMILES string of the molecule is COc1cc2cc(c1C)N(C)C(=O)C[C@H](OC(=O)[C@H](C)N(C)C(=O)CCCCCN1C(=O)CC(C)C1=O)[C@]1(C)OC1[C@H](C)[C@@H]1C[C@@](O)(NC(=O)O1)[C@H](OC)/C=C/C=C(\C)C2. The molecule has 0 aromatic heterocycles. The first-order chi connectivity index (χ1) is 28.2. The number of aliphatic hydroxyl groups is 1. The minimum Gasteiger partial charge on any atom is -0.496 e. The molecule has 3 fully saturated rings. The van der Waals surface area contributed by atoms with Gasteiger partial charge in [-0.3, -0.25) is 29.4 Å². The minimum absolute atomic E-state index is 0.0595. The van der Waals surface area contributed by atoms with Crippen LogP contribution in [-0.2, 0) is 49.3 Å². The molecule has 0 saturated carbocycles. The van der Waals surface area contributed by atoms with E-state index in [1.54, 1.807) is 54.0 Å². The number of anilines is 1. The standard InChI is InChI=1S/C44H62N4O12/c1-25-15-14-16-34(57-10)44(55)24-33(58-42(54)45-44)28(4)39-43(6,60-39)35(23-37(50)47(8)31-21-30(19-25)22-32(56-9)27(31)3)59-41(53)29(5)46(7)36(49)17-12-11-13-18-48-38(51)20-26(2)40(48)52/h14-16,21-22,26,28-29,33-35,39,55H,11-13,17-20,23-24H2,1-10H3,(H,45,54)/b16-14+,25-15+/t26?,28-,29+,33+,34-,35+,39?,43+,44+/m1/s1. The second-order valence-electron chi connectivity index (χ2n) is 17.0. The first kappa shape index (κ1) is 46.3. The van der Waals surface area contributed by atoms with Gasteiger partial charge in [0.25, 0.3) is 0 Å². The second kappa shape index (κ2) is 18.9. The van der Waals surface area contributed by atoms with Gasteiger partial charge in [0.05, 0.1) is 25.3 Å². The van der Waals surface area contributed by atoms with E-state index in [-0.39, 0.29) is 55.2 Å². The molecule has 16 nitrogen and oxygen atoms in total. The third kappa shape index (κ3) is 10.0. The fraction of sp³-hybridized carbons (Fsp3) is 0.636. The number of carbonyl (C=O) groups excluding carboxylic acids is 6. The zero-order valence-corrected chi connectivity index (χ0v) is 36.6. The van der Waals surface area contributed by atoms with Gasteiger partial charge >= 0.3 is 12.1 Å². The summed E-state index contributed by atoms with van der Waals surface area (Å²) in [5.41, 5.74) is 0.104. The Labute approximate surface area is 352 Å². The number of rotatable bonds is 11. The molecule has 3 saturated heterocycles. The number of allylic oxidation sites excluding steroid dienone is 3. The number of ether oxygens (including phenoxy) is 5. The lowest BCUT2D eigenvalue weighted by Crippen LogP contribution is -2.63. The van der Waals surface area contributed by atoms with E-state index in [4.69, 9.17) is 23.7 Å². The molecule has 1 aromatic carbocycles. The molecule has 1 aromatic rings. The van der Waals surface area contributed by atoms with E-state index in [0.717, 1.165) is 16.7 Å². The van der Waals surface area contributed by atoms with Gasteiger partial charge in [-0.1, -0.05) is 44.1 Å². The van der Waals surface area contributed by atoms with Gasteiger partial charge in [0.1, 0.15) is 35.7 Å². The van der Waals surface area contributed by atoms with E-state index in [0.29, 0.717) is 43.7 Å². The van der Waals surface area contributed by atoms with Crippen LogP contribution in [0.25, 0.3) is 0 Å². The molecule has 4 aliphatic heterocycles. The van der Waals surface area contributed by atoms with Crippen LogP contribution < -0.4 is 15.0 Å². The molecule has 4 heterocycles. The zero-order chi connectivity index (χ0) is 44.3. The van der Waals surface area contributed by atoms with Crippen LogP contribution in [0.4, 0.5) is 10.5 Å². The smallest absolute Gasteiger partial charge is 0.409 e. The Morgan fingerprint density at radius 2 is 1.78 bits per heavy atom. The molecule has 2 N–H and O–H groups in total. The molecular formula is C44H62N4O12. The molecule has 9 atom stereocenters. The van der Waals surface area contributed by atoms with E-state index in [1.807, 2.05) is 32.1 Å². The summed E-state index contributed by atoms with van der Waals surface area (Å²) >= 11 is 0. The number of imide groups is 1. The van der Waals surface area contributed by atoms with Crippen molar-refractivity contribution in [3.8, 4) is 5.75 Å². The van der Waals surface area contributed by atoms with Gasteiger partial charge in [-0.25, -0.2) is 9.59 Å². The molecule has 16 heteroatoms. The number of unbranched alkanes of at least 4 members (excludes halogenated alkanes) is 2. The van der Waals surface area contributed by atoms with Gasteiger partial charge in [-0.15, -0.1) is 0 Å². The van der Waals surface area contributed by atoms with Crippen LogP contribution >= 0.6 is 0 Å². The summed E-state index contributed by atoms with van der Waals surface area (Å²) in [4.78, 5) is 82.8. The number of fused-ring (bicyclic) bond motifs is 5. The molecule has 4 bridgehead atoms. The highest BCUT2D eigenvalue weighted by Crippen LogP contribution is 2.49. The van der Waals surface area contributed by atoms with Crippen LogP contribution in [0.2, 0.25) is 0 Å². The monoisotopic (exact) mass is 838 g/mol. The summed E-state index contributed by atoms with van der Waals surface area (Å²) in [5.74, 6) is -2.01. The number of methoxy groups -OCH3 is 2. The van der Waals surface area contributed by atoms with Crippen LogP contribution in [-0.4, -0.2) is 127 Å². The lowest BCUT2D eigenvalue weighted by Gasteiger charge is -2.42. The normalized spacial score (nSPS) is 31.6. The highest BCUT2D eigenvalue weighted by atomic mass is 16.7. The van der Waals surface area contributed by atoms with Gasteiger partial charge in [0.2, 0.25) is 23.6 Å². The minimum atomic E-state index is -1.84. The van der Waals surface area contributed by atoms with Crippen molar-refractivity contribution >= 4 is 41.4 Å². The Balaban J connectivity index is 1.37. The first-order valence-corrected chi connectivity index (χ1v) is 20.7. The summed E-state index contributed by atoms with van der Waals surface area (Å²) in [7, 11) is 6.15. The number of benzene rings is 1. The van der Waals surface area contributed by atoms with Crippen LogP contribution in [0.1, 0.15) is 90.7 Å². The number of likely N-dealkylation sites (tertiary alicyclic amines) is 1. The quantitative estimate of drug-likeness (QED) is 0.140. The second-order valence-corrected chi connectivity index (χ2v) is 17.0. The largest absolute Gasteiger partial charge is 0.496 e. The number of carbonyl (C=O) groups is 6. The van der Waals surface area contributed by atoms with Crippen molar-refractivity contribution in [2.75, 3.05) is 39.8 Å². The van der Waals surface area contributed by atoms with Crippen LogP contribution in [0.15, 0.2) is 35.9 Å². The predicted molar refractivity (Wildman–Crippen MR) is 220 cm³/mol. The van der Waals surface area contributed by atoms with E-state index in [9.17, 15) is 33.9 Å². The third-order valence-corrected chi connectivity index (χ3v) is 12.6. The number of epoxide rings is 1. The van der Waals surface area contributed by atoms with Gasteiger partial charge in [0, 0.05) is 64.4 Å². The number of hydrogen-bond donors (Lipinski definition) is 2. The summed E-state index contributed by atoms with van der Waals surface area (Å²) in [6.45, 7) is 10.9. The summed E-state index contributed by atoms with van der Waals surface area (Å²) in [6.07, 6.45) is 3.02. The van der Waals surface area contributed by atoms with Crippen LogP contribution in [0.5, 0.6) is 5.75 Å². The maximum Gasteiger partial charge on any atom is 0.409 e. The number of alkyl carbamates (subject to hydrolysis) is 1. The predicted octanol–water partition coefficient (Wildman–Crippen LogP) is 4.12. The maximum atomic E-state index is 14.3. The van der Waals surface area contributed by atoms with Crippen molar-refractivity contribution < 1.29 is 57.6 Å². The van der Waals surface area contributed by atoms with E-state index < -0.39 is 59.8 Å². The van der Waals surface area contributed by atoms with E-state index in [1.165, 1.54) is 28.9 Å². The van der Waals surface area contributed by atoms with Crippen molar-refractivity contribution in [2.24, 2.45) is 11.8 Å². The Hall–Kier alpha value is -4.80. The topological polar surface area (TPSA) is 194 Å². The molecule has 4 aliphatic rings. The summed E-state index contributed by atoms with van der Waals surface area (Å²) in [5, 5.41) is 14.3. The van der Waals surface area contributed by atoms with Crippen molar-refractivity contribution in [1.29, 1.82) is 0 Å². The van der Waals surface area contributed by atoms with Gasteiger partial charge < -0.3 is 38.6 Å². The number of likely N-dealkylation sites (N-methyl/N-ethyl adjacent to an activating group) is 1. The lowest BCUT2D eigenvalue weighted by molar-refractivity contribution is -0.162. The lowest BCUT2D eigenvalue weighted by atomic mass is 9.83. The molecule has 5 amide bonds. The highest BCUT2D eigenvalue weighted by Gasteiger charge is 2.64. The van der Waals surface area contributed by atoms with Gasteiger partial charge in [0.15, 0.2) is 5.72 Å². The third-order valence-electron chi connectivity index (χ3n) is 12.6. The fourth-order valence-electron chi connectivity index (χ4n) is 8.46. The number of nitrogens with zero attached hydrogens (tertiary/aromatic N) is 3. The summed E-state index contributed by atoms with van der Waals surface area (Å²) < 4.78 is 29.5. The average Bonchev–Trinajstić information content (AvgIpc) is 3.83. The Morgan fingerprint density at radius 1 is 1.07 bits per heavy atom. The van der Waals surface area contributed by atoms with Crippen LogP contribution in [0.3, 0.4) is 0 Å². The first-order valence-electron chi connectivity index (χ1n) is 20.7. The highest BCUT2D eigenvalue weighted by molar-refractivity contribution is 6.03. The Bertz CT molecular complexity index is 1900. The maximum absolute atomic E-state index is 14.3. The number of esters is 1. The van der Waals surface area contributed by atoms with E-state index >= 15 is 0 Å². The van der Waals surface area contributed by atoms with Crippen molar-refractivity contribution in [2.45, 2.75) is 135 Å². The molecule has 0 radical (unpaired) electrons. The van der Waals surface area contributed by atoms with Gasteiger partial charge in [-0.2, -0.15) is 0 Å². The van der Waals surface area contributed by atoms with Crippen molar-refractivity contribution in [1.82, 2.24) is 15.1 Å². The Kier molecular flexibility index (Phi) is 14.5. The fourth-order valence-corrected chi connectivity index (χ4v) is 8.46. The number of hydrogen-bond acceptors (Lipinski definition) is 12. The molecule has 330 valence electrons. The number of nitrogens with one attached hydrogen (secondary N) is 1. The zero-order valence-electron chi connectivity index (χ0n) is 36.6. The molecule has 2 unspecified atom stereocenters. The van der Waals surface area contributed by atoms with Crippen molar-refractivity contribution in [3.05, 3.63) is 47.1 Å². The Morgan fingerprint density at radius 3 is 2.43 bits per heavy atom. The molecule has 0 spiro atoms.